The van der Waals surface area contributed by atoms with Gasteiger partial charge in [0.15, 0.2) is 0 Å². The predicted molar refractivity (Wildman–Crippen MR) is 87.1 cm³/mol. The van der Waals surface area contributed by atoms with Gasteiger partial charge in [0.1, 0.15) is 5.82 Å². The van der Waals surface area contributed by atoms with Crippen LogP contribution in [0.15, 0.2) is 18.3 Å². The van der Waals surface area contributed by atoms with Gasteiger partial charge in [-0.25, -0.2) is 18.4 Å². The molecule has 0 bridgehead atoms. The standard InChI is InChI=1S/C15H21N5O2S/c1-11-17-12(14-7-8-16-19(14)2)10-13(18-11)15-6-4-5-9-20(15)23(3,21)22/h7-8,10,15H,4-6,9H2,1-3H3/t15-/m0/s1. The number of piperidine rings is 1. The molecule has 2 aromatic rings. The Hall–Kier alpha value is -1.80. The van der Waals surface area contributed by atoms with E-state index < -0.39 is 10.0 Å². The Morgan fingerprint density at radius 1 is 1.26 bits per heavy atom. The molecule has 124 valence electrons. The molecule has 3 rings (SSSR count). The van der Waals surface area contributed by atoms with Crippen LogP contribution in [0.1, 0.15) is 36.8 Å². The normalized spacial score (nSPS) is 19.9. The Morgan fingerprint density at radius 2 is 2.04 bits per heavy atom. The minimum absolute atomic E-state index is 0.215. The summed E-state index contributed by atoms with van der Waals surface area (Å²) in [5.41, 5.74) is 2.42. The first kappa shape index (κ1) is 16.1. The van der Waals surface area contributed by atoms with Gasteiger partial charge in [-0.15, -0.1) is 0 Å². The van der Waals surface area contributed by atoms with E-state index in [9.17, 15) is 8.42 Å². The SMILES string of the molecule is Cc1nc(-c2ccnn2C)cc([C@@H]2CCCCN2S(C)(=O)=O)n1. The molecule has 23 heavy (non-hydrogen) atoms. The summed E-state index contributed by atoms with van der Waals surface area (Å²) in [7, 11) is -1.40. The van der Waals surface area contributed by atoms with Crippen LogP contribution in [0.4, 0.5) is 0 Å². The Bertz CT molecular complexity index is 815. The maximum atomic E-state index is 12.1. The van der Waals surface area contributed by atoms with Crippen LogP contribution in [-0.4, -0.2) is 45.3 Å². The molecule has 1 atom stereocenters. The average Bonchev–Trinajstić information content (AvgIpc) is 2.92. The van der Waals surface area contributed by atoms with Gasteiger partial charge in [-0.05, 0) is 31.9 Å². The fourth-order valence-corrected chi connectivity index (χ4v) is 4.25. The molecule has 1 fully saturated rings. The number of aromatic nitrogens is 4. The van der Waals surface area contributed by atoms with Crippen molar-refractivity contribution in [3.63, 3.8) is 0 Å². The van der Waals surface area contributed by atoms with Gasteiger partial charge in [-0.1, -0.05) is 6.42 Å². The fraction of sp³-hybridized carbons (Fsp3) is 0.533. The molecule has 0 spiro atoms. The molecule has 3 heterocycles. The summed E-state index contributed by atoms with van der Waals surface area (Å²) in [5.74, 6) is 0.637. The molecule has 0 amide bonds. The Kier molecular flexibility index (Phi) is 4.20. The maximum absolute atomic E-state index is 12.1. The van der Waals surface area contributed by atoms with Gasteiger partial charge in [0, 0.05) is 19.8 Å². The van der Waals surface area contributed by atoms with Crippen molar-refractivity contribution in [3.05, 3.63) is 29.8 Å². The van der Waals surface area contributed by atoms with Crippen molar-refractivity contribution < 1.29 is 8.42 Å². The summed E-state index contributed by atoms with van der Waals surface area (Å²) < 4.78 is 27.5. The molecule has 0 saturated carbocycles. The van der Waals surface area contributed by atoms with E-state index in [1.165, 1.54) is 6.26 Å². The van der Waals surface area contributed by atoms with E-state index in [2.05, 4.69) is 15.1 Å². The first-order chi connectivity index (χ1) is 10.9. The molecule has 0 aromatic carbocycles. The van der Waals surface area contributed by atoms with Crippen LogP contribution in [0, 0.1) is 6.92 Å². The largest absolute Gasteiger partial charge is 0.266 e. The van der Waals surface area contributed by atoms with Crippen molar-refractivity contribution in [3.8, 4) is 11.4 Å². The van der Waals surface area contributed by atoms with E-state index >= 15 is 0 Å². The highest BCUT2D eigenvalue weighted by Gasteiger charge is 2.32. The molecule has 1 aliphatic heterocycles. The number of hydrogen-bond donors (Lipinski definition) is 0. The van der Waals surface area contributed by atoms with Crippen LogP contribution in [-0.2, 0) is 17.1 Å². The fourth-order valence-electron chi connectivity index (χ4n) is 3.12. The first-order valence-corrected chi connectivity index (χ1v) is 9.52. The molecular weight excluding hydrogens is 314 g/mol. The van der Waals surface area contributed by atoms with Crippen LogP contribution in [0.5, 0.6) is 0 Å². The highest BCUT2D eigenvalue weighted by Crippen LogP contribution is 2.33. The number of aryl methyl sites for hydroxylation is 2. The molecule has 0 radical (unpaired) electrons. The summed E-state index contributed by atoms with van der Waals surface area (Å²) in [5, 5.41) is 4.17. The molecule has 0 N–H and O–H groups in total. The lowest BCUT2D eigenvalue weighted by molar-refractivity contribution is 0.252. The van der Waals surface area contributed by atoms with E-state index in [1.807, 2.05) is 26.1 Å². The van der Waals surface area contributed by atoms with E-state index in [4.69, 9.17) is 0 Å². The number of hydrogen-bond acceptors (Lipinski definition) is 5. The zero-order chi connectivity index (χ0) is 16.6. The smallest absolute Gasteiger partial charge is 0.211 e. The summed E-state index contributed by atoms with van der Waals surface area (Å²) in [4.78, 5) is 8.99. The van der Waals surface area contributed by atoms with Gasteiger partial charge >= 0.3 is 0 Å². The third-order valence-electron chi connectivity index (χ3n) is 4.16. The second-order valence-corrected chi connectivity index (χ2v) is 7.89. The van der Waals surface area contributed by atoms with Crippen LogP contribution in [0.25, 0.3) is 11.4 Å². The van der Waals surface area contributed by atoms with Gasteiger partial charge in [0.25, 0.3) is 0 Å². The van der Waals surface area contributed by atoms with Crippen molar-refractivity contribution in [1.82, 2.24) is 24.1 Å². The number of nitrogens with zero attached hydrogens (tertiary/aromatic N) is 5. The van der Waals surface area contributed by atoms with E-state index in [-0.39, 0.29) is 6.04 Å². The lowest BCUT2D eigenvalue weighted by Gasteiger charge is -2.33. The van der Waals surface area contributed by atoms with E-state index in [0.29, 0.717) is 12.4 Å². The van der Waals surface area contributed by atoms with Crippen LogP contribution >= 0.6 is 0 Å². The second-order valence-electron chi connectivity index (χ2n) is 5.95. The molecule has 0 aliphatic carbocycles. The van der Waals surface area contributed by atoms with Gasteiger partial charge < -0.3 is 0 Å². The monoisotopic (exact) mass is 335 g/mol. The molecule has 1 saturated heterocycles. The van der Waals surface area contributed by atoms with Gasteiger partial charge in [-0.3, -0.25) is 4.68 Å². The Balaban J connectivity index is 2.05. The van der Waals surface area contributed by atoms with Crippen molar-refractivity contribution in [1.29, 1.82) is 0 Å². The van der Waals surface area contributed by atoms with Crippen molar-refractivity contribution in [2.24, 2.45) is 7.05 Å². The molecule has 8 heteroatoms. The lowest BCUT2D eigenvalue weighted by atomic mass is 10.0. The summed E-state index contributed by atoms with van der Waals surface area (Å²) >= 11 is 0. The van der Waals surface area contributed by atoms with Crippen molar-refractivity contribution in [2.45, 2.75) is 32.2 Å². The highest BCUT2D eigenvalue weighted by molar-refractivity contribution is 7.88. The maximum Gasteiger partial charge on any atom is 0.211 e. The Labute approximate surface area is 136 Å². The van der Waals surface area contributed by atoms with Crippen molar-refractivity contribution >= 4 is 10.0 Å². The highest BCUT2D eigenvalue weighted by atomic mass is 32.2. The topological polar surface area (TPSA) is 81.0 Å². The summed E-state index contributed by atoms with van der Waals surface area (Å²) in [6, 6.07) is 3.56. The zero-order valence-corrected chi connectivity index (χ0v) is 14.4. The summed E-state index contributed by atoms with van der Waals surface area (Å²) in [6.07, 6.45) is 5.66. The van der Waals surface area contributed by atoms with E-state index in [1.54, 1.807) is 15.2 Å². The molecule has 7 nitrogen and oxygen atoms in total. The number of sulfonamides is 1. The zero-order valence-electron chi connectivity index (χ0n) is 13.6. The van der Waals surface area contributed by atoms with E-state index in [0.717, 1.165) is 36.3 Å². The first-order valence-electron chi connectivity index (χ1n) is 7.67. The quantitative estimate of drug-likeness (QED) is 0.852. The van der Waals surface area contributed by atoms with Crippen LogP contribution in [0.2, 0.25) is 0 Å². The number of rotatable bonds is 3. The molecule has 2 aromatic heterocycles. The van der Waals surface area contributed by atoms with Gasteiger partial charge in [0.05, 0.1) is 29.4 Å². The van der Waals surface area contributed by atoms with Crippen LogP contribution in [0.3, 0.4) is 0 Å². The third kappa shape index (κ3) is 3.28. The molecule has 1 aliphatic rings. The van der Waals surface area contributed by atoms with Gasteiger partial charge in [0.2, 0.25) is 10.0 Å². The minimum atomic E-state index is -3.26. The van der Waals surface area contributed by atoms with Gasteiger partial charge in [-0.2, -0.15) is 9.40 Å². The molecular formula is C15H21N5O2S. The average molecular weight is 335 g/mol. The predicted octanol–water partition coefficient (Wildman–Crippen LogP) is 1.67. The third-order valence-corrected chi connectivity index (χ3v) is 5.45. The second kappa shape index (κ2) is 6.01. The van der Waals surface area contributed by atoms with Crippen molar-refractivity contribution in [2.75, 3.05) is 12.8 Å². The van der Waals surface area contributed by atoms with Crippen LogP contribution < -0.4 is 0 Å². The molecule has 0 unspecified atom stereocenters. The Morgan fingerprint density at radius 3 is 2.70 bits per heavy atom. The minimum Gasteiger partial charge on any atom is -0.266 e. The summed E-state index contributed by atoms with van der Waals surface area (Å²) in [6.45, 7) is 2.38. The lowest BCUT2D eigenvalue weighted by Crippen LogP contribution is -2.38.